The second kappa shape index (κ2) is 6.98. The van der Waals surface area contributed by atoms with Gasteiger partial charge >= 0.3 is 0 Å². The van der Waals surface area contributed by atoms with Gasteiger partial charge in [0.2, 0.25) is 0 Å². The number of rotatable bonds is 4. The van der Waals surface area contributed by atoms with Gasteiger partial charge in [0, 0.05) is 43.6 Å². The standard InChI is InChI=1S/C18H34N4O/c1-5-22-10-6-8-13(22)12-20-17(19-4)21-15-14-9-7-11-23-16(14)18(15,2)3/h13-16H,5-12H2,1-4H3,(H2,19,20,21). The van der Waals surface area contributed by atoms with Crippen LogP contribution in [0.3, 0.4) is 0 Å². The average Bonchev–Trinajstić information content (AvgIpc) is 3.02. The summed E-state index contributed by atoms with van der Waals surface area (Å²) in [5.74, 6) is 1.59. The molecule has 0 bridgehead atoms. The summed E-state index contributed by atoms with van der Waals surface area (Å²) in [7, 11) is 1.88. The molecule has 2 aliphatic heterocycles. The Morgan fingerprint density at radius 2 is 2.13 bits per heavy atom. The number of nitrogens with one attached hydrogen (secondary N) is 2. The molecule has 0 radical (unpaired) electrons. The van der Waals surface area contributed by atoms with Gasteiger partial charge in [0.1, 0.15) is 0 Å². The quantitative estimate of drug-likeness (QED) is 0.612. The molecule has 5 nitrogen and oxygen atoms in total. The third-order valence-electron chi connectivity index (χ3n) is 6.26. The third-order valence-corrected chi connectivity index (χ3v) is 6.26. The summed E-state index contributed by atoms with van der Waals surface area (Å²) in [6.45, 7) is 11.2. The molecule has 0 spiro atoms. The maximum atomic E-state index is 6.00. The Morgan fingerprint density at radius 1 is 1.30 bits per heavy atom. The summed E-state index contributed by atoms with van der Waals surface area (Å²) in [6, 6.07) is 1.11. The number of guanidine groups is 1. The lowest BCUT2D eigenvalue weighted by Gasteiger charge is -2.60. The second-order valence-corrected chi connectivity index (χ2v) is 7.92. The lowest BCUT2D eigenvalue weighted by atomic mass is 9.55. The zero-order valence-corrected chi connectivity index (χ0v) is 15.3. The lowest BCUT2D eigenvalue weighted by Crippen LogP contribution is -2.71. The highest BCUT2D eigenvalue weighted by molar-refractivity contribution is 5.80. The topological polar surface area (TPSA) is 48.9 Å². The molecular weight excluding hydrogens is 288 g/mol. The average molecular weight is 322 g/mol. The Morgan fingerprint density at radius 3 is 2.87 bits per heavy atom. The van der Waals surface area contributed by atoms with Crippen molar-refractivity contribution < 1.29 is 4.74 Å². The Balaban J connectivity index is 1.53. The van der Waals surface area contributed by atoms with Gasteiger partial charge in [0.05, 0.1) is 6.10 Å². The van der Waals surface area contributed by atoms with Crippen molar-refractivity contribution in [3.63, 3.8) is 0 Å². The van der Waals surface area contributed by atoms with Gasteiger partial charge in [-0.1, -0.05) is 20.8 Å². The first-order valence-electron chi connectivity index (χ1n) is 9.40. The highest BCUT2D eigenvalue weighted by atomic mass is 16.5. The molecule has 2 N–H and O–H groups in total. The molecule has 0 amide bonds. The fourth-order valence-electron chi connectivity index (χ4n) is 4.91. The van der Waals surface area contributed by atoms with E-state index in [1.165, 1.54) is 32.2 Å². The van der Waals surface area contributed by atoms with Crippen LogP contribution in [0.4, 0.5) is 0 Å². The molecule has 2 saturated heterocycles. The first-order chi connectivity index (χ1) is 11.1. The van der Waals surface area contributed by atoms with Crippen LogP contribution < -0.4 is 10.6 Å². The molecule has 23 heavy (non-hydrogen) atoms. The minimum Gasteiger partial charge on any atom is -0.377 e. The summed E-state index contributed by atoms with van der Waals surface area (Å²) in [5, 5.41) is 7.25. The smallest absolute Gasteiger partial charge is 0.191 e. The van der Waals surface area contributed by atoms with E-state index in [0.717, 1.165) is 25.7 Å². The van der Waals surface area contributed by atoms with Crippen LogP contribution in [-0.2, 0) is 4.74 Å². The van der Waals surface area contributed by atoms with Crippen molar-refractivity contribution >= 4 is 5.96 Å². The van der Waals surface area contributed by atoms with E-state index >= 15 is 0 Å². The maximum Gasteiger partial charge on any atom is 0.191 e. The molecule has 3 aliphatic rings. The number of hydrogen-bond acceptors (Lipinski definition) is 3. The molecule has 3 fully saturated rings. The minimum absolute atomic E-state index is 0.186. The molecule has 3 rings (SSSR count). The summed E-state index contributed by atoms with van der Waals surface area (Å²) >= 11 is 0. The summed E-state index contributed by atoms with van der Waals surface area (Å²) < 4.78 is 6.00. The van der Waals surface area contributed by atoms with Crippen molar-refractivity contribution in [2.45, 2.75) is 64.6 Å². The van der Waals surface area contributed by atoms with E-state index in [2.05, 4.69) is 41.3 Å². The van der Waals surface area contributed by atoms with Gasteiger partial charge in [0.15, 0.2) is 5.96 Å². The van der Waals surface area contributed by atoms with Crippen LogP contribution >= 0.6 is 0 Å². The number of aliphatic imine (C=N–C) groups is 1. The number of likely N-dealkylation sites (tertiary alicyclic amines) is 1. The van der Waals surface area contributed by atoms with E-state index < -0.39 is 0 Å². The predicted octanol–water partition coefficient (Wildman–Crippen LogP) is 1.84. The molecule has 132 valence electrons. The summed E-state index contributed by atoms with van der Waals surface area (Å²) in [5.41, 5.74) is 0.186. The molecule has 4 unspecified atom stereocenters. The van der Waals surface area contributed by atoms with Crippen LogP contribution in [0.25, 0.3) is 0 Å². The van der Waals surface area contributed by atoms with Crippen molar-refractivity contribution in [3.8, 4) is 0 Å². The highest BCUT2D eigenvalue weighted by Gasteiger charge is 2.58. The van der Waals surface area contributed by atoms with Crippen molar-refractivity contribution in [2.75, 3.05) is 33.3 Å². The number of fused-ring (bicyclic) bond motifs is 1. The molecule has 1 aliphatic carbocycles. The summed E-state index contributed by atoms with van der Waals surface area (Å²) in [4.78, 5) is 7.03. The van der Waals surface area contributed by atoms with Gasteiger partial charge in [-0.05, 0) is 38.8 Å². The van der Waals surface area contributed by atoms with Crippen molar-refractivity contribution in [3.05, 3.63) is 0 Å². The van der Waals surface area contributed by atoms with Gasteiger partial charge in [-0.15, -0.1) is 0 Å². The van der Waals surface area contributed by atoms with Crippen molar-refractivity contribution in [1.82, 2.24) is 15.5 Å². The van der Waals surface area contributed by atoms with Crippen LogP contribution in [0.1, 0.15) is 46.5 Å². The molecule has 0 aromatic rings. The van der Waals surface area contributed by atoms with Crippen LogP contribution in [0.5, 0.6) is 0 Å². The van der Waals surface area contributed by atoms with Gasteiger partial charge in [-0.25, -0.2) is 0 Å². The van der Waals surface area contributed by atoms with E-state index in [4.69, 9.17) is 4.74 Å². The Kier molecular flexibility index (Phi) is 5.16. The normalized spacial score (nSPS) is 37.1. The number of likely N-dealkylation sites (N-methyl/N-ethyl adjacent to an activating group) is 1. The molecule has 0 aromatic carbocycles. The van der Waals surface area contributed by atoms with E-state index in [1.807, 2.05) is 7.05 Å². The summed E-state index contributed by atoms with van der Waals surface area (Å²) in [6.07, 6.45) is 5.50. The van der Waals surface area contributed by atoms with Gasteiger partial charge < -0.3 is 15.4 Å². The minimum atomic E-state index is 0.186. The molecule has 0 aromatic heterocycles. The van der Waals surface area contributed by atoms with Crippen molar-refractivity contribution in [1.29, 1.82) is 0 Å². The maximum absolute atomic E-state index is 6.00. The zero-order valence-electron chi connectivity index (χ0n) is 15.3. The van der Waals surface area contributed by atoms with Gasteiger partial charge in [-0.3, -0.25) is 9.89 Å². The van der Waals surface area contributed by atoms with Crippen LogP contribution in [0.15, 0.2) is 4.99 Å². The van der Waals surface area contributed by atoms with Crippen LogP contribution in [0, 0.1) is 11.3 Å². The monoisotopic (exact) mass is 322 g/mol. The molecule has 4 atom stereocenters. The largest absolute Gasteiger partial charge is 0.377 e. The number of nitrogens with zero attached hydrogens (tertiary/aromatic N) is 2. The van der Waals surface area contributed by atoms with Crippen LogP contribution in [0.2, 0.25) is 0 Å². The van der Waals surface area contributed by atoms with E-state index in [-0.39, 0.29) is 5.41 Å². The van der Waals surface area contributed by atoms with Crippen molar-refractivity contribution in [2.24, 2.45) is 16.3 Å². The highest BCUT2D eigenvalue weighted by Crippen LogP contribution is 2.51. The Bertz CT molecular complexity index is 437. The predicted molar refractivity (Wildman–Crippen MR) is 94.8 cm³/mol. The fraction of sp³-hybridized carbons (Fsp3) is 0.944. The fourth-order valence-corrected chi connectivity index (χ4v) is 4.91. The van der Waals surface area contributed by atoms with E-state index in [1.54, 1.807) is 0 Å². The molecule has 5 heteroatoms. The Labute approximate surface area is 141 Å². The van der Waals surface area contributed by atoms with E-state index in [0.29, 0.717) is 24.1 Å². The van der Waals surface area contributed by atoms with Gasteiger partial charge in [-0.2, -0.15) is 0 Å². The van der Waals surface area contributed by atoms with Crippen LogP contribution in [-0.4, -0.2) is 62.3 Å². The first-order valence-corrected chi connectivity index (χ1v) is 9.40. The first kappa shape index (κ1) is 17.0. The van der Waals surface area contributed by atoms with Gasteiger partial charge in [0.25, 0.3) is 0 Å². The lowest BCUT2D eigenvalue weighted by molar-refractivity contribution is -0.188. The Hall–Kier alpha value is -0.810. The molecule has 2 heterocycles. The second-order valence-electron chi connectivity index (χ2n) is 7.92. The zero-order chi connectivity index (χ0) is 16.4. The number of ether oxygens (including phenoxy) is 1. The third kappa shape index (κ3) is 3.22. The van der Waals surface area contributed by atoms with E-state index in [9.17, 15) is 0 Å². The molecule has 1 saturated carbocycles. The number of hydrogen-bond donors (Lipinski definition) is 2. The SMILES string of the molecule is CCN1CCCC1CNC(=NC)NC1C2CCCOC2C1(C)C. The molecular formula is C18H34N4O.